The Morgan fingerprint density at radius 1 is 1.23 bits per heavy atom. The summed E-state index contributed by atoms with van der Waals surface area (Å²) in [5, 5.41) is 2.78. The van der Waals surface area contributed by atoms with Crippen LogP contribution >= 0.6 is 0 Å². The summed E-state index contributed by atoms with van der Waals surface area (Å²) in [6.07, 6.45) is 2.18. The number of nitrogens with zero attached hydrogens (tertiary/aromatic N) is 1. The number of anilines is 1. The van der Waals surface area contributed by atoms with Gasteiger partial charge in [0.2, 0.25) is 0 Å². The third kappa shape index (κ3) is 4.00. The van der Waals surface area contributed by atoms with Gasteiger partial charge in [0.25, 0.3) is 5.91 Å². The summed E-state index contributed by atoms with van der Waals surface area (Å²) >= 11 is 0. The van der Waals surface area contributed by atoms with E-state index in [1.807, 2.05) is 45.0 Å². The molecule has 1 N–H and O–H groups in total. The summed E-state index contributed by atoms with van der Waals surface area (Å²) in [4.78, 5) is 14.2. The average molecular weight is 326 g/mol. The second kappa shape index (κ2) is 7.13. The first kappa shape index (κ1) is 18.5. The Bertz CT molecular complexity index is 620. The van der Waals surface area contributed by atoms with E-state index < -0.39 is 14.6 Å². The standard InChI is InChI=1S/C16H26N2O3S/c1-6-16(7-2,22(5,20)21)12-17-15(19)13-9-8-10-14(11-13)18(3)4/h8-11H,6-7,12H2,1-5H3,(H,17,19). The normalized spacial score (nSPS) is 12.0. The summed E-state index contributed by atoms with van der Waals surface area (Å²) in [5.41, 5.74) is 1.45. The smallest absolute Gasteiger partial charge is 0.251 e. The molecular formula is C16H26N2O3S. The van der Waals surface area contributed by atoms with Crippen molar-refractivity contribution in [2.75, 3.05) is 31.8 Å². The molecule has 6 heteroatoms. The average Bonchev–Trinajstić information content (AvgIpc) is 2.47. The van der Waals surface area contributed by atoms with Crippen LogP contribution < -0.4 is 10.2 Å². The molecule has 0 radical (unpaired) electrons. The van der Waals surface area contributed by atoms with Gasteiger partial charge < -0.3 is 10.2 Å². The Kier molecular flexibility index (Phi) is 6.00. The fraction of sp³-hybridized carbons (Fsp3) is 0.562. The molecule has 124 valence electrons. The molecule has 0 aliphatic heterocycles. The second-order valence-corrected chi connectivity index (χ2v) is 8.20. The van der Waals surface area contributed by atoms with Crippen molar-refractivity contribution in [1.82, 2.24) is 5.32 Å². The number of benzene rings is 1. The molecule has 0 atom stereocenters. The van der Waals surface area contributed by atoms with Crippen LogP contribution in [0.15, 0.2) is 24.3 Å². The quantitative estimate of drug-likeness (QED) is 0.833. The number of hydrogen-bond acceptors (Lipinski definition) is 4. The second-order valence-electron chi connectivity index (χ2n) is 5.79. The lowest BCUT2D eigenvalue weighted by molar-refractivity contribution is 0.0948. The Balaban J connectivity index is 2.91. The van der Waals surface area contributed by atoms with E-state index in [1.54, 1.807) is 12.1 Å². The molecule has 22 heavy (non-hydrogen) atoms. The predicted octanol–water partition coefficient (Wildman–Crippen LogP) is 2.09. The predicted molar refractivity (Wildman–Crippen MR) is 91.3 cm³/mol. The first-order valence-corrected chi connectivity index (χ1v) is 9.31. The van der Waals surface area contributed by atoms with E-state index in [-0.39, 0.29) is 12.5 Å². The Hall–Kier alpha value is -1.56. The van der Waals surface area contributed by atoms with Crippen molar-refractivity contribution in [3.8, 4) is 0 Å². The van der Waals surface area contributed by atoms with Crippen LogP contribution in [0.3, 0.4) is 0 Å². The minimum atomic E-state index is -3.25. The molecule has 0 aliphatic carbocycles. The van der Waals surface area contributed by atoms with Crippen molar-refractivity contribution in [3.05, 3.63) is 29.8 Å². The highest BCUT2D eigenvalue weighted by molar-refractivity contribution is 7.92. The van der Waals surface area contributed by atoms with Gasteiger partial charge in [-0.05, 0) is 31.0 Å². The fourth-order valence-corrected chi connectivity index (χ4v) is 3.81. The van der Waals surface area contributed by atoms with E-state index in [2.05, 4.69) is 5.32 Å². The maximum Gasteiger partial charge on any atom is 0.251 e. The maximum atomic E-state index is 12.3. The zero-order valence-corrected chi connectivity index (χ0v) is 14.8. The van der Waals surface area contributed by atoms with Crippen LogP contribution in [0.5, 0.6) is 0 Å². The number of nitrogens with one attached hydrogen (secondary N) is 1. The third-order valence-corrected chi connectivity index (χ3v) is 6.57. The summed E-state index contributed by atoms with van der Waals surface area (Å²) in [5.74, 6) is -0.251. The molecule has 1 rings (SSSR count). The molecule has 1 aromatic rings. The molecule has 0 saturated carbocycles. The molecule has 0 aliphatic rings. The van der Waals surface area contributed by atoms with E-state index >= 15 is 0 Å². The Morgan fingerprint density at radius 2 is 1.82 bits per heavy atom. The molecule has 1 amide bonds. The first-order valence-electron chi connectivity index (χ1n) is 7.42. The first-order chi connectivity index (χ1) is 10.2. The van der Waals surface area contributed by atoms with Gasteiger partial charge in [-0.1, -0.05) is 19.9 Å². The fourth-order valence-electron chi connectivity index (χ4n) is 2.42. The third-order valence-electron chi connectivity index (χ3n) is 4.27. The molecule has 0 heterocycles. The van der Waals surface area contributed by atoms with Gasteiger partial charge in [-0.25, -0.2) is 8.42 Å². The molecule has 0 unspecified atom stereocenters. The van der Waals surface area contributed by atoms with Crippen molar-refractivity contribution >= 4 is 21.4 Å². The van der Waals surface area contributed by atoms with Gasteiger partial charge >= 0.3 is 0 Å². The van der Waals surface area contributed by atoms with E-state index in [0.717, 1.165) is 5.69 Å². The zero-order chi connectivity index (χ0) is 17.0. The number of hydrogen-bond donors (Lipinski definition) is 1. The molecule has 0 bridgehead atoms. The molecule has 0 saturated heterocycles. The number of rotatable bonds is 7. The summed E-state index contributed by atoms with van der Waals surface area (Å²) in [7, 11) is 0.556. The molecule has 5 nitrogen and oxygen atoms in total. The zero-order valence-electron chi connectivity index (χ0n) is 14.0. The SMILES string of the molecule is CCC(CC)(CNC(=O)c1cccc(N(C)C)c1)S(C)(=O)=O. The Morgan fingerprint density at radius 3 is 2.27 bits per heavy atom. The summed E-state index contributed by atoms with van der Waals surface area (Å²) in [6, 6.07) is 7.24. The van der Waals surface area contributed by atoms with Crippen molar-refractivity contribution in [3.63, 3.8) is 0 Å². The highest BCUT2D eigenvalue weighted by Gasteiger charge is 2.37. The van der Waals surface area contributed by atoms with Crippen molar-refractivity contribution in [1.29, 1.82) is 0 Å². The van der Waals surface area contributed by atoms with Crippen LogP contribution in [0, 0.1) is 0 Å². The van der Waals surface area contributed by atoms with Crippen LogP contribution in [-0.4, -0.2) is 46.0 Å². The lowest BCUT2D eigenvalue weighted by Gasteiger charge is -2.29. The van der Waals surface area contributed by atoms with E-state index in [0.29, 0.717) is 18.4 Å². The van der Waals surface area contributed by atoms with Crippen LogP contribution in [0.25, 0.3) is 0 Å². The van der Waals surface area contributed by atoms with Crippen LogP contribution in [0.4, 0.5) is 5.69 Å². The molecule has 0 fully saturated rings. The van der Waals surface area contributed by atoms with E-state index in [4.69, 9.17) is 0 Å². The highest BCUT2D eigenvalue weighted by atomic mass is 32.2. The van der Waals surface area contributed by atoms with Crippen molar-refractivity contribution in [2.24, 2.45) is 0 Å². The van der Waals surface area contributed by atoms with Gasteiger partial charge in [0, 0.05) is 38.1 Å². The van der Waals surface area contributed by atoms with E-state index in [9.17, 15) is 13.2 Å². The lowest BCUT2D eigenvalue weighted by Crippen LogP contribution is -2.47. The van der Waals surface area contributed by atoms with Crippen molar-refractivity contribution in [2.45, 2.75) is 31.4 Å². The van der Waals surface area contributed by atoms with Gasteiger partial charge in [0.05, 0.1) is 4.75 Å². The summed E-state index contributed by atoms with van der Waals surface area (Å²) in [6.45, 7) is 3.80. The molecule has 0 spiro atoms. The van der Waals surface area contributed by atoms with Crippen LogP contribution in [0.2, 0.25) is 0 Å². The minimum Gasteiger partial charge on any atom is -0.378 e. The van der Waals surface area contributed by atoms with Gasteiger partial charge in [-0.15, -0.1) is 0 Å². The number of carbonyl (C=O) groups is 1. The monoisotopic (exact) mass is 326 g/mol. The lowest BCUT2D eigenvalue weighted by atomic mass is 10.0. The maximum absolute atomic E-state index is 12.3. The summed E-state index contributed by atoms with van der Waals surface area (Å²) < 4.78 is 23.2. The highest BCUT2D eigenvalue weighted by Crippen LogP contribution is 2.24. The van der Waals surface area contributed by atoms with Crippen LogP contribution in [0.1, 0.15) is 37.0 Å². The topological polar surface area (TPSA) is 66.5 Å². The van der Waals surface area contributed by atoms with Gasteiger partial charge in [-0.2, -0.15) is 0 Å². The minimum absolute atomic E-state index is 0.129. The number of sulfone groups is 1. The number of carbonyl (C=O) groups excluding carboxylic acids is 1. The molecule has 0 aromatic heterocycles. The van der Waals surface area contributed by atoms with Gasteiger partial charge in [0.15, 0.2) is 9.84 Å². The molecule has 1 aromatic carbocycles. The van der Waals surface area contributed by atoms with Gasteiger partial charge in [0.1, 0.15) is 0 Å². The van der Waals surface area contributed by atoms with E-state index in [1.165, 1.54) is 6.26 Å². The van der Waals surface area contributed by atoms with Gasteiger partial charge in [-0.3, -0.25) is 4.79 Å². The largest absolute Gasteiger partial charge is 0.378 e. The van der Waals surface area contributed by atoms with Crippen LogP contribution in [-0.2, 0) is 9.84 Å². The number of amides is 1. The Labute approximate surface area is 133 Å². The molecular weight excluding hydrogens is 300 g/mol. The van der Waals surface area contributed by atoms with Crippen molar-refractivity contribution < 1.29 is 13.2 Å².